The summed E-state index contributed by atoms with van der Waals surface area (Å²) in [6.07, 6.45) is -0.404. The first kappa shape index (κ1) is 13.7. The summed E-state index contributed by atoms with van der Waals surface area (Å²) in [5.74, 6) is 1.04. The number of β-amino-alcohol motifs (C(OH)–C–C–N with tert-alkyl or cyclic N) is 1. The van der Waals surface area contributed by atoms with Crippen molar-refractivity contribution in [2.24, 2.45) is 5.92 Å². The van der Waals surface area contributed by atoms with E-state index in [2.05, 4.69) is 26.6 Å². The molecule has 0 aromatic heterocycles. The zero-order valence-electron chi connectivity index (χ0n) is 10.7. The lowest BCUT2D eigenvalue weighted by Gasteiger charge is -2.14. The van der Waals surface area contributed by atoms with Gasteiger partial charge in [0.2, 0.25) is 6.79 Å². The third-order valence-electron chi connectivity index (χ3n) is 3.52. The molecule has 1 saturated heterocycles. The Morgan fingerprint density at radius 2 is 2.30 bits per heavy atom. The van der Waals surface area contributed by atoms with Gasteiger partial charge in [-0.05, 0) is 28.1 Å². The first-order valence-corrected chi connectivity index (χ1v) is 7.20. The van der Waals surface area contributed by atoms with Crippen molar-refractivity contribution >= 4 is 21.8 Å². The predicted octanol–water partition coefficient (Wildman–Crippen LogP) is 0.488. The number of halogens is 1. The fourth-order valence-corrected chi connectivity index (χ4v) is 2.91. The zero-order valence-corrected chi connectivity index (χ0v) is 12.3. The predicted molar refractivity (Wildman–Crippen MR) is 75.0 cm³/mol. The van der Waals surface area contributed by atoms with Crippen molar-refractivity contribution in [3.05, 3.63) is 22.2 Å². The van der Waals surface area contributed by atoms with Crippen LogP contribution in [0.2, 0.25) is 0 Å². The number of aliphatic hydroxyl groups is 1. The molecule has 2 aliphatic rings. The van der Waals surface area contributed by atoms with Gasteiger partial charge < -0.3 is 25.2 Å². The first-order valence-electron chi connectivity index (χ1n) is 6.41. The summed E-state index contributed by atoms with van der Waals surface area (Å²) in [5, 5.41) is 15.6. The number of ether oxygens (including phenoxy) is 2. The summed E-state index contributed by atoms with van der Waals surface area (Å²) in [6, 6.07) is 3.36. The van der Waals surface area contributed by atoms with Gasteiger partial charge in [-0.2, -0.15) is 0 Å². The Kier molecular flexibility index (Phi) is 3.82. The average Bonchev–Trinajstić information content (AvgIpc) is 3.05. The topological polar surface area (TPSA) is 79.8 Å². The molecule has 0 aliphatic carbocycles. The van der Waals surface area contributed by atoms with Crippen molar-refractivity contribution in [1.29, 1.82) is 0 Å². The number of aliphatic hydroxyl groups excluding tert-OH is 1. The monoisotopic (exact) mass is 342 g/mol. The second-order valence-corrected chi connectivity index (χ2v) is 5.74. The number of carbonyl (C=O) groups excluding carboxylic acids is 1. The molecule has 2 unspecified atom stereocenters. The summed E-state index contributed by atoms with van der Waals surface area (Å²) in [7, 11) is 0. The van der Waals surface area contributed by atoms with Crippen molar-refractivity contribution < 1.29 is 19.4 Å². The van der Waals surface area contributed by atoms with Crippen LogP contribution in [-0.2, 0) is 0 Å². The highest BCUT2D eigenvalue weighted by Gasteiger charge is 2.26. The van der Waals surface area contributed by atoms with Gasteiger partial charge >= 0.3 is 0 Å². The van der Waals surface area contributed by atoms with Crippen molar-refractivity contribution in [2.75, 3.05) is 26.4 Å². The quantitative estimate of drug-likeness (QED) is 0.744. The maximum atomic E-state index is 12.1. The van der Waals surface area contributed by atoms with E-state index in [0.29, 0.717) is 41.2 Å². The van der Waals surface area contributed by atoms with Gasteiger partial charge in [-0.15, -0.1) is 0 Å². The third kappa shape index (κ3) is 2.61. The van der Waals surface area contributed by atoms with Crippen molar-refractivity contribution in [3.8, 4) is 11.5 Å². The zero-order chi connectivity index (χ0) is 14.1. The van der Waals surface area contributed by atoms with Gasteiger partial charge in [-0.25, -0.2) is 0 Å². The molecule has 7 heteroatoms. The lowest BCUT2D eigenvalue weighted by Crippen LogP contribution is -2.34. The maximum absolute atomic E-state index is 12.1. The highest BCUT2D eigenvalue weighted by molar-refractivity contribution is 9.10. The number of fused-ring (bicyclic) bond motifs is 1. The molecule has 1 aromatic rings. The average molecular weight is 343 g/mol. The number of amides is 1. The van der Waals surface area contributed by atoms with Gasteiger partial charge in [0.15, 0.2) is 11.5 Å². The number of rotatable bonds is 3. The summed E-state index contributed by atoms with van der Waals surface area (Å²) in [5.41, 5.74) is 0.501. The number of nitrogens with one attached hydrogen (secondary N) is 2. The standard InChI is InChI=1S/C13H15BrN2O4/c14-9-1-7(2-11-12(9)20-6-19-11)13(18)16-4-8-3-15-5-10(8)17/h1-2,8,10,15,17H,3-6H2,(H,16,18). The molecule has 1 aromatic carbocycles. The summed E-state index contributed by atoms with van der Waals surface area (Å²) >= 11 is 3.36. The van der Waals surface area contributed by atoms with Gasteiger partial charge in [0.25, 0.3) is 5.91 Å². The Balaban J connectivity index is 1.67. The lowest BCUT2D eigenvalue weighted by molar-refractivity contribution is 0.0926. The molecule has 0 radical (unpaired) electrons. The smallest absolute Gasteiger partial charge is 0.251 e. The van der Waals surface area contributed by atoms with Crippen LogP contribution in [0.25, 0.3) is 0 Å². The molecule has 0 spiro atoms. The highest BCUT2D eigenvalue weighted by atomic mass is 79.9. The van der Waals surface area contributed by atoms with Gasteiger partial charge in [0.1, 0.15) is 0 Å². The van der Waals surface area contributed by atoms with E-state index >= 15 is 0 Å². The summed E-state index contributed by atoms with van der Waals surface area (Å²) < 4.78 is 11.3. The molecule has 1 amide bonds. The minimum Gasteiger partial charge on any atom is -0.454 e. The molecular formula is C13H15BrN2O4. The van der Waals surface area contributed by atoms with Crippen LogP contribution in [0.1, 0.15) is 10.4 Å². The van der Waals surface area contributed by atoms with Crippen LogP contribution in [0, 0.1) is 5.92 Å². The van der Waals surface area contributed by atoms with Gasteiger partial charge in [-0.1, -0.05) is 0 Å². The molecule has 3 N–H and O–H groups in total. The van der Waals surface area contributed by atoms with Gasteiger partial charge in [0, 0.05) is 31.1 Å². The van der Waals surface area contributed by atoms with E-state index in [1.807, 2.05) is 0 Å². The van der Waals surface area contributed by atoms with Crippen LogP contribution in [0.5, 0.6) is 11.5 Å². The van der Waals surface area contributed by atoms with E-state index in [9.17, 15) is 9.90 Å². The van der Waals surface area contributed by atoms with E-state index in [4.69, 9.17) is 9.47 Å². The second kappa shape index (κ2) is 5.59. The van der Waals surface area contributed by atoms with Gasteiger partial charge in [0.05, 0.1) is 10.6 Å². The molecular weight excluding hydrogens is 328 g/mol. The van der Waals surface area contributed by atoms with Crippen molar-refractivity contribution in [2.45, 2.75) is 6.10 Å². The highest BCUT2D eigenvalue weighted by Crippen LogP contribution is 2.39. The van der Waals surface area contributed by atoms with Crippen LogP contribution in [0.15, 0.2) is 16.6 Å². The van der Waals surface area contributed by atoms with E-state index in [1.165, 1.54) is 0 Å². The largest absolute Gasteiger partial charge is 0.454 e. The minimum atomic E-state index is -0.404. The van der Waals surface area contributed by atoms with E-state index in [0.717, 1.165) is 0 Å². The van der Waals surface area contributed by atoms with E-state index in [-0.39, 0.29) is 18.6 Å². The molecule has 1 fully saturated rings. The van der Waals surface area contributed by atoms with Crippen LogP contribution in [0.4, 0.5) is 0 Å². The molecule has 0 saturated carbocycles. The molecule has 20 heavy (non-hydrogen) atoms. The normalized spacial score (nSPS) is 23.9. The summed E-state index contributed by atoms with van der Waals surface area (Å²) in [4.78, 5) is 12.1. The van der Waals surface area contributed by atoms with Crippen LogP contribution < -0.4 is 20.1 Å². The number of hydrogen-bond donors (Lipinski definition) is 3. The SMILES string of the molecule is O=C(NCC1CNCC1O)c1cc(Br)c2c(c1)OCO2. The molecule has 108 valence electrons. The van der Waals surface area contributed by atoms with E-state index < -0.39 is 6.10 Å². The third-order valence-corrected chi connectivity index (χ3v) is 4.11. The molecule has 2 aliphatic heterocycles. The second-order valence-electron chi connectivity index (χ2n) is 4.89. The Hall–Kier alpha value is -1.31. The van der Waals surface area contributed by atoms with Crippen LogP contribution in [0.3, 0.4) is 0 Å². The number of hydrogen-bond acceptors (Lipinski definition) is 5. The number of benzene rings is 1. The Labute approximate surface area is 124 Å². The number of carbonyl (C=O) groups is 1. The molecule has 2 atom stereocenters. The fourth-order valence-electron chi connectivity index (χ4n) is 2.35. The lowest BCUT2D eigenvalue weighted by atomic mass is 10.1. The van der Waals surface area contributed by atoms with Gasteiger partial charge in [-0.3, -0.25) is 4.79 Å². The Bertz CT molecular complexity index is 537. The Morgan fingerprint density at radius 3 is 3.05 bits per heavy atom. The fraction of sp³-hybridized carbons (Fsp3) is 0.462. The van der Waals surface area contributed by atoms with Crippen LogP contribution in [-0.4, -0.2) is 43.5 Å². The first-order chi connectivity index (χ1) is 9.65. The molecule has 6 nitrogen and oxygen atoms in total. The van der Waals surface area contributed by atoms with Crippen molar-refractivity contribution in [3.63, 3.8) is 0 Å². The Morgan fingerprint density at radius 1 is 1.45 bits per heavy atom. The molecule has 0 bridgehead atoms. The van der Waals surface area contributed by atoms with Crippen LogP contribution >= 0.6 is 15.9 Å². The van der Waals surface area contributed by atoms with Crippen molar-refractivity contribution in [1.82, 2.24) is 10.6 Å². The summed E-state index contributed by atoms with van der Waals surface area (Å²) in [6.45, 7) is 1.90. The van der Waals surface area contributed by atoms with E-state index in [1.54, 1.807) is 12.1 Å². The minimum absolute atomic E-state index is 0.0522. The molecule has 2 heterocycles. The molecule has 3 rings (SSSR count). The maximum Gasteiger partial charge on any atom is 0.251 e.